The summed E-state index contributed by atoms with van der Waals surface area (Å²) in [6.45, 7) is 0.666. The number of hydrogen-bond acceptors (Lipinski definition) is 9. The van der Waals surface area contributed by atoms with E-state index in [1.165, 1.54) is 0 Å². The zero-order chi connectivity index (χ0) is 24.3. The Morgan fingerprint density at radius 2 is 1.97 bits per heavy atom. The number of carbonyl (C=O) groups excluding carboxylic acids is 3. The fourth-order valence-corrected chi connectivity index (χ4v) is 4.77. The van der Waals surface area contributed by atoms with E-state index in [9.17, 15) is 29.7 Å². The van der Waals surface area contributed by atoms with Crippen LogP contribution < -0.4 is 0 Å². The van der Waals surface area contributed by atoms with Gasteiger partial charge < -0.3 is 29.6 Å². The van der Waals surface area contributed by atoms with Crippen molar-refractivity contribution in [3.63, 3.8) is 0 Å². The predicted octanol–water partition coefficient (Wildman–Crippen LogP) is 0.985. The zero-order valence-electron chi connectivity index (χ0n) is 18.6. The molecule has 0 saturated carbocycles. The van der Waals surface area contributed by atoms with Gasteiger partial charge in [-0.25, -0.2) is 4.79 Å². The Balaban J connectivity index is 1.80. The normalized spacial score (nSPS) is 24.4. The van der Waals surface area contributed by atoms with E-state index in [-0.39, 0.29) is 19.4 Å². The molecule has 3 rings (SSSR count). The van der Waals surface area contributed by atoms with E-state index >= 15 is 0 Å². The fourth-order valence-electron chi connectivity index (χ4n) is 4.77. The molecule has 2 aliphatic rings. The summed E-state index contributed by atoms with van der Waals surface area (Å²) in [6, 6.07) is 3.38. The van der Waals surface area contributed by atoms with E-state index in [0.717, 1.165) is 12.7 Å². The summed E-state index contributed by atoms with van der Waals surface area (Å²) in [5, 5.41) is 40.1. The lowest BCUT2D eigenvalue weighted by Gasteiger charge is -2.36. The Labute approximate surface area is 190 Å². The van der Waals surface area contributed by atoms with E-state index in [0.29, 0.717) is 34.0 Å². The van der Waals surface area contributed by atoms with Gasteiger partial charge in [-0.1, -0.05) is 5.57 Å². The number of nitrogens with zero attached hydrogens (tertiary/aromatic N) is 1. The number of imide groups is 3. The van der Waals surface area contributed by atoms with Gasteiger partial charge in [-0.2, -0.15) is 4.90 Å². The molecule has 0 radical (unpaired) electrons. The van der Waals surface area contributed by atoms with Crippen LogP contribution in [-0.4, -0.2) is 69.7 Å². The third kappa shape index (κ3) is 4.79. The number of allylic oxidation sites excluding steroid dienone is 1. The molecule has 10 heteroatoms. The molecule has 1 fully saturated rings. The molecule has 0 spiro atoms. The van der Waals surface area contributed by atoms with Gasteiger partial charge in [-0.3, -0.25) is 9.59 Å². The van der Waals surface area contributed by atoms with Gasteiger partial charge in [0, 0.05) is 5.92 Å². The minimum absolute atomic E-state index is 0.00722. The number of likely N-dealkylation sites (tertiary alicyclic amines) is 1. The lowest BCUT2D eigenvalue weighted by atomic mass is 9.68. The van der Waals surface area contributed by atoms with E-state index in [1.54, 1.807) is 18.2 Å². The zero-order valence-corrected chi connectivity index (χ0v) is 18.6. The van der Waals surface area contributed by atoms with Crippen LogP contribution in [0.1, 0.15) is 37.7 Å². The molecule has 2 heterocycles. The highest BCUT2D eigenvalue weighted by Gasteiger charge is 2.57. The molecule has 1 aromatic rings. The van der Waals surface area contributed by atoms with Crippen molar-refractivity contribution in [2.45, 2.75) is 38.9 Å². The number of hydrogen-bond donors (Lipinski definition) is 4. The standard InChI is InChI=1S/C23H29NO9/c1-12(7-14-4-5-15(10-26)33-14)3-6-18(28)19-13(9-25)8-16-20(17(19)11-27)22(30)24(21(16)29)23(31)32-2/h4-5,7,16-18,20,25-28H,3,6,8-11H2,1-2H3/b12-7+/t16-,17+,18-,20-/m1/s1. The Hall–Kier alpha value is -2.79. The molecule has 1 aliphatic heterocycles. The van der Waals surface area contributed by atoms with E-state index in [1.807, 2.05) is 6.92 Å². The van der Waals surface area contributed by atoms with Crippen molar-refractivity contribution in [1.29, 1.82) is 0 Å². The third-order valence-electron chi connectivity index (χ3n) is 6.33. The van der Waals surface area contributed by atoms with Crippen molar-refractivity contribution in [2.24, 2.45) is 17.8 Å². The van der Waals surface area contributed by atoms with Gasteiger partial charge >= 0.3 is 6.09 Å². The number of ether oxygens (including phenoxy) is 1. The molecule has 1 aliphatic carbocycles. The maximum absolute atomic E-state index is 12.9. The average molecular weight is 463 g/mol. The van der Waals surface area contributed by atoms with Crippen molar-refractivity contribution in [3.8, 4) is 0 Å². The van der Waals surface area contributed by atoms with Gasteiger partial charge in [0.15, 0.2) is 0 Å². The number of aliphatic hydroxyl groups is 4. The first kappa shape index (κ1) is 24.8. The predicted molar refractivity (Wildman–Crippen MR) is 114 cm³/mol. The maximum Gasteiger partial charge on any atom is 0.423 e. The number of carbonyl (C=O) groups is 3. The third-order valence-corrected chi connectivity index (χ3v) is 6.33. The van der Waals surface area contributed by atoms with Crippen molar-refractivity contribution >= 4 is 24.0 Å². The number of aliphatic hydroxyl groups excluding tert-OH is 4. The summed E-state index contributed by atoms with van der Waals surface area (Å²) in [5.74, 6) is -3.33. The first-order valence-corrected chi connectivity index (χ1v) is 10.7. The van der Waals surface area contributed by atoms with Crippen LogP contribution >= 0.6 is 0 Å². The first-order chi connectivity index (χ1) is 15.8. The number of amides is 3. The van der Waals surface area contributed by atoms with Crippen LogP contribution in [0, 0.1) is 17.8 Å². The Bertz CT molecular complexity index is 976. The van der Waals surface area contributed by atoms with Gasteiger partial charge in [0.2, 0.25) is 11.8 Å². The van der Waals surface area contributed by atoms with Crippen molar-refractivity contribution < 1.29 is 44.0 Å². The number of furan rings is 1. The SMILES string of the molecule is COC(=O)N1C(=O)[C@@H]2[C@@H](CC(CO)=C([C@H](O)CC/C(C)=C/c3ccc(CO)o3)[C@@H]2CO)C1=O. The number of methoxy groups -OCH3 is 1. The highest BCUT2D eigenvalue weighted by atomic mass is 16.5. The van der Waals surface area contributed by atoms with Crippen LogP contribution in [0.15, 0.2) is 33.3 Å². The number of rotatable bonds is 8. The second-order valence-electron chi connectivity index (χ2n) is 8.33. The first-order valence-electron chi connectivity index (χ1n) is 10.7. The van der Waals surface area contributed by atoms with Crippen LogP contribution in [0.3, 0.4) is 0 Å². The minimum atomic E-state index is -1.09. The molecular weight excluding hydrogens is 434 g/mol. The quantitative estimate of drug-likeness (QED) is 0.326. The molecule has 180 valence electrons. The van der Waals surface area contributed by atoms with E-state index < -0.39 is 55.0 Å². The average Bonchev–Trinajstić information content (AvgIpc) is 3.37. The minimum Gasteiger partial charge on any atom is -0.459 e. The molecule has 1 aromatic heterocycles. The smallest absolute Gasteiger partial charge is 0.423 e. The maximum atomic E-state index is 12.9. The van der Waals surface area contributed by atoms with Crippen molar-refractivity contribution in [2.75, 3.05) is 20.3 Å². The van der Waals surface area contributed by atoms with E-state index in [2.05, 4.69) is 4.74 Å². The summed E-state index contributed by atoms with van der Waals surface area (Å²) in [6.07, 6.45) is 0.311. The van der Waals surface area contributed by atoms with Gasteiger partial charge in [0.05, 0.1) is 38.3 Å². The van der Waals surface area contributed by atoms with Crippen LogP contribution in [0.25, 0.3) is 6.08 Å². The lowest BCUT2D eigenvalue weighted by molar-refractivity contribution is -0.137. The fraction of sp³-hybridized carbons (Fsp3) is 0.522. The summed E-state index contributed by atoms with van der Waals surface area (Å²) < 4.78 is 9.97. The molecule has 33 heavy (non-hydrogen) atoms. The molecule has 3 amide bonds. The van der Waals surface area contributed by atoms with Crippen molar-refractivity contribution in [1.82, 2.24) is 4.90 Å². The van der Waals surface area contributed by atoms with Crippen LogP contribution in [0.5, 0.6) is 0 Å². The molecule has 10 nitrogen and oxygen atoms in total. The summed E-state index contributed by atoms with van der Waals surface area (Å²) in [4.78, 5) is 37.9. The highest BCUT2D eigenvalue weighted by molar-refractivity contribution is 6.15. The molecule has 1 saturated heterocycles. The molecular formula is C23H29NO9. The van der Waals surface area contributed by atoms with Gasteiger partial charge in [-0.15, -0.1) is 0 Å². The van der Waals surface area contributed by atoms with Gasteiger partial charge in [0.1, 0.15) is 18.1 Å². The Kier molecular flexibility index (Phi) is 7.85. The largest absolute Gasteiger partial charge is 0.459 e. The van der Waals surface area contributed by atoms with Crippen LogP contribution in [0.4, 0.5) is 4.79 Å². The van der Waals surface area contributed by atoms with Crippen LogP contribution in [-0.2, 0) is 20.9 Å². The molecule has 0 unspecified atom stereocenters. The molecule has 0 aromatic carbocycles. The second kappa shape index (κ2) is 10.4. The lowest BCUT2D eigenvalue weighted by Crippen LogP contribution is -2.40. The summed E-state index contributed by atoms with van der Waals surface area (Å²) >= 11 is 0. The summed E-state index contributed by atoms with van der Waals surface area (Å²) in [5.41, 5.74) is 1.61. The molecule has 4 N–H and O–H groups in total. The Morgan fingerprint density at radius 1 is 1.24 bits per heavy atom. The second-order valence-corrected chi connectivity index (χ2v) is 8.33. The number of fused-ring (bicyclic) bond motifs is 1. The van der Waals surface area contributed by atoms with E-state index in [4.69, 9.17) is 9.52 Å². The topological polar surface area (TPSA) is 158 Å². The Morgan fingerprint density at radius 3 is 2.55 bits per heavy atom. The van der Waals surface area contributed by atoms with Crippen LogP contribution in [0.2, 0.25) is 0 Å². The molecule has 0 bridgehead atoms. The summed E-state index contributed by atoms with van der Waals surface area (Å²) in [7, 11) is 1.06. The molecule has 4 atom stereocenters. The monoisotopic (exact) mass is 463 g/mol. The van der Waals surface area contributed by atoms with Gasteiger partial charge in [0.25, 0.3) is 0 Å². The van der Waals surface area contributed by atoms with Crippen molar-refractivity contribution in [3.05, 3.63) is 40.4 Å². The van der Waals surface area contributed by atoms with Gasteiger partial charge in [-0.05, 0) is 55.5 Å². The highest BCUT2D eigenvalue weighted by Crippen LogP contribution is 2.46.